The van der Waals surface area contributed by atoms with Crippen LogP contribution in [0.3, 0.4) is 0 Å². The van der Waals surface area contributed by atoms with Crippen LogP contribution in [0.15, 0.2) is 47.4 Å². The molecule has 0 aliphatic rings. The van der Waals surface area contributed by atoms with Crippen molar-refractivity contribution in [1.29, 1.82) is 0 Å². The third-order valence-corrected chi connectivity index (χ3v) is 4.88. The molecule has 0 heterocycles. The molecule has 2 aromatic carbocycles. The maximum atomic E-state index is 12.4. The summed E-state index contributed by atoms with van der Waals surface area (Å²) in [7, 11) is -3.55. The highest BCUT2D eigenvalue weighted by Crippen LogP contribution is 2.20. The smallest absolute Gasteiger partial charge is 0.261 e. The molecule has 0 fully saturated rings. The lowest BCUT2D eigenvalue weighted by atomic mass is 10.1. The topological polar surface area (TPSA) is 58.2 Å². The van der Waals surface area contributed by atoms with Crippen molar-refractivity contribution in [2.24, 2.45) is 0 Å². The molecule has 0 unspecified atom stereocenters. The van der Waals surface area contributed by atoms with Gasteiger partial charge in [0.1, 0.15) is 0 Å². The molecule has 118 valence electrons. The van der Waals surface area contributed by atoms with Crippen molar-refractivity contribution in [2.45, 2.75) is 32.1 Å². The average molecular weight is 318 g/mol. The molecule has 2 N–H and O–H groups in total. The van der Waals surface area contributed by atoms with E-state index in [1.165, 1.54) is 0 Å². The van der Waals surface area contributed by atoms with Crippen molar-refractivity contribution in [3.63, 3.8) is 0 Å². The van der Waals surface area contributed by atoms with Crippen LogP contribution in [-0.2, 0) is 10.0 Å². The molecule has 0 saturated carbocycles. The Balaban J connectivity index is 2.16. The van der Waals surface area contributed by atoms with Gasteiger partial charge in [-0.05, 0) is 67.8 Å². The third kappa shape index (κ3) is 4.01. The number of hydrogen-bond donors (Lipinski definition) is 2. The Kier molecular flexibility index (Phi) is 5.08. The first-order valence-corrected chi connectivity index (χ1v) is 8.84. The highest BCUT2D eigenvalue weighted by Gasteiger charge is 2.14. The number of nitrogens with one attached hydrogen (secondary N) is 2. The van der Waals surface area contributed by atoms with Crippen LogP contribution in [0.4, 0.5) is 11.4 Å². The Morgan fingerprint density at radius 2 is 1.55 bits per heavy atom. The Morgan fingerprint density at radius 1 is 0.909 bits per heavy atom. The lowest BCUT2D eigenvalue weighted by Crippen LogP contribution is -2.13. The van der Waals surface area contributed by atoms with Gasteiger partial charge in [-0.2, -0.15) is 0 Å². The van der Waals surface area contributed by atoms with Gasteiger partial charge in [0.25, 0.3) is 10.0 Å². The molecule has 22 heavy (non-hydrogen) atoms. The van der Waals surface area contributed by atoms with Gasteiger partial charge in [-0.15, -0.1) is 0 Å². The molecule has 0 atom stereocenters. The van der Waals surface area contributed by atoms with Gasteiger partial charge >= 0.3 is 0 Å². The van der Waals surface area contributed by atoms with Gasteiger partial charge in [-0.25, -0.2) is 8.42 Å². The fourth-order valence-electron chi connectivity index (χ4n) is 2.02. The lowest BCUT2D eigenvalue weighted by molar-refractivity contribution is 0.601. The molecule has 0 amide bonds. The maximum Gasteiger partial charge on any atom is 0.261 e. The quantitative estimate of drug-likeness (QED) is 0.848. The van der Waals surface area contributed by atoms with E-state index >= 15 is 0 Å². The van der Waals surface area contributed by atoms with Crippen molar-refractivity contribution in [3.05, 3.63) is 53.6 Å². The molecular weight excluding hydrogens is 296 g/mol. The Bertz CT molecular complexity index is 738. The van der Waals surface area contributed by atoms with Crippen LogP contribution >= 0.6 is 0 Å². The molecule has 0 radical (unpaired) electrons. The SMILES string of the molecule is CCCNc1ccc(NS(=O)(=O)c2ccc(C)c(C)c2)cc1. The first-order chi connectivity index (χ1) is 10.4. The van der Waals surface area contributed by atoms with Crippen LogP contribution in [0.5, 0.6) is 0 Å². The molecule has 5 heteroatoms. The molecule has 0 bridgehead atoms. The Morgan fingerprint density at radius 3 is 2.14 bits per heavy atom. The average Bonchev–Trinajstić information content (AvgIpc) is 2.49. The number of aryl methyl sites for hydroxylation is 2. The van der Waals surface area contributed by atoms with E-state index in [-0.39, 0.29) is 4.90 Å². The third-order valence-electron chi connectivity index (χ3n) is 3.50. The second-order valence-corrected chi connectivity index (χ2v) is 7.04. The van der Waals surface area contributed by atoms with Crippen LogP contribution in [0.2, 0.25) is 0 Å². The first kappa shape index (κ1) is 16.4. The van der Waals surface area contributed by atoms with Gasteiger partial charge in [0.05, 0.1) is 4.90 Å². The molecule has 0 saturated heterocycles. The molecule has 0 aliphatic heterocycles. The van der Waals surface area contributed by atoms with Gasteiger partial charge in [0.15, 0.2) is 0 Å². The van der Waals surface area contributed by atoms with Crippen LogP contribution in [0, 0.1) is 13.8 Å². The molecule has 0 spiro atoms. The second kappa shape index (κ2) is 6.83. The van der Waals surface area contributed by atoms with Gasteiger partial charge in [-0.1, -0.05) is 13.0 Å². The van der Waals surface area contributed by atoms with E-state index < -0.39 is 10.0 Å². The zero-order valence-corrected chi connectivity index (χ0v) is 14.0. The fourth-order valence-corrected chi connectivity index (χ4v) is 3.16. The normalized spacial score (nSPS) is 11.2. The summed E-state index contributed by atoms with van der Waals surface area (Å²) in [5.41, 5.74) is 3.57. The number of hydrogen-bond acceptors (Lipinski definition) is 3. The second-order valence-electron chi connectivity index (χ2n) is 5.36. The minimum Gasteiger partial charge on any atom is -0.385 e. The molecular formula is C17H22N2O2S. The van der Waals surface area contributed by atoms with E-state index in [0.717, 1.165) is 29.8 Å². The standard InChI is InChI=1S/C17H22N2O2S/c1-4-11-18-15-6-8-16(9-7-15)19-22(20,21)17-10-5-13(2)14(3)12-17/h5-10,12,18-19H,4,11H2,1-3H3. The highest BCUT2D eigenvalue weighted by molar-refractivity contribution is 7.92. The fraction of sp³-hybridized carbons (Fsp3) is 0.294. The number of benzene rings is 2. The largest absolute Gasteiger partial charge is 0.385 e. The summed E-state index contributed by atoms with van der Waals surface area (Å²) in [5.74, 6) is 0. The molecule has 2 aromatic rings. The first-order valence-electron chi connectivity index (χ1n) is 7.36. The highest BCUT2D eigenvalue weighted by atomic mass is 32.2. The molecule has 0 aliphatic carbocycles. The molecule has 0 aromatic heterocycles. The predicted octanol–water partition coefficient (Wildman–Crippen LogP) is 3.93. The van der Waals surface area contributed by atoms with Crippen LogP contribution in [-0.4, -0.2) is 15.0 Å². The number of sulfonamides is 1. The van der Waals surface area contributed by atoms with E-state index in [0.29, 0.717) is 5.69 Å². The van der Waals surface area contributed by atoms with E-state index in [1.54, 1.807) is 24.3 Å². The maximum absolute atomic E-state index is 12.4. The summed E-state index contributed by atoms with van der Waals surface area (Å²) in [4.78, 5) is 0.281. The van der Waals surface area contributed by atoms with Gasteiger partial charge < -0.3 is 5.32 Å². The van der Waals surface area contributed by atoms with Gasteiger partial charge in [0.2, 0.25) is 0 Å². The lowest BCUT2D eigenvalue weighted by Gasteiger charge is -2.11. The van der Waals surface area contributed by atoms with Crippen molar-refractivity contribution in [3.8, 4) is 0 Å². The Labute approximate surface area is 132 Å². The monoisotopic (exact) mass is 318 g/mol. The number of rotatable bonds is 6. The minimum atomic E-state index is -3.55. The minimum absolute atomic E-state index is 0.281. The van der Waals surface area contributed by atoms with E-state index in [2.05, 4.69) is 17.0 Å². The summed E-state index contributed by atoms with van der Waals surface area (Å²) in [6.45, 7) is 6.86. The van der Waals surface area contributed by atoms with Gasteiger partial charge in [-0.3, -0.25) is 4.72 Å². The van der Waals surface area contributed by atoms with Crippen LogP contribution in [0.1, 0.15) is 24.5 Å². The zero-order valence-electron chi connectivity index (χ0n) is 13.2. The van der Waals surface area contributed by atoms with Crippen molar-refractivity contribution >= 4 is 21.4 Å². The summed E-state index contributed by atoms with van der Waals surface area (Å²) in [6.07, 6.45) is 1.04. The van der Waals surface area contributed by atoms with E-state index in [9.17, 15) is 8.42 Å². The molecule has 2 rings (SSSR count). The summed E-state index contributed by atoms with van der Waals surface area (Å²) < 4.78 is 27.4. The number of anilines is 2. The molecule has 4 nitrogen and oxygen atoms in total. The summed E-state index contributed by atoms with van der Waals surface area (Å²) in [6, 6.07) is 12.4. The van der Waals surface area contributed by atoms with E-state index in [1.807, 2.05) is 32.0 Å². The van der Waals surface area contributed by atoms with Gasteiger partial charge in [0, 0.05) is 17.9 Å². The van der Waals surface area contributed by atoms with Crippen LogP contribution < -0.4 is 10.0 Å². The van der Waals surface area contributed by atoms with Crippen LogP contribution in [0.25, 0.3) is 0 Å². The van der Waals surface area contributed by atoms with E-state index in [4.69, 9.17) is 0 Å². The summed E-state index contributed by atoms with van der Waals surface area (Å²) >= 11 is 0. The van der Waals surface area contributed by atoms with Crippen molar-refractivity contribution in [1.82, 2.24) is 0 Å². The summed E-state index contributed by atoms with van der Waals surface area (Å²) in [5, 5.41) is 3.25. The Hall–Kier alpha value is -2.01. The zero-order chi connectivity index (χ0) is 16.2. The van der Waals surface area contributed by atoms with Crippen molar-refractivity contribution < 1.29 is 8.42 Å². The van der Waals surface area contributed by atoms with Crippen molar-refractivity contribution in [2.75, 3.05) is 16.6 Å². The predicted molar refractivity (Wildman–Crippen MR) is 91.9 cm³/mol.